The van der Waals surface area contributed by atoms with Gasteiger partial charge in [0, 0.05) is 13.0 Å². The van der Waals surface area contributed by atoms with Gasteiger partial charge in [-0.05, 0) is 48.6 Å². The van der Waals surface area contributed by atoms with Gasteiger partial charge in [0.25, 0.3) is 5.91 Å². The predicted octanol–water partition coefficient (Wildman–Crippen LogP) is 2.08. The number of furan rings is 1. The molecule has 2 amide bonds. The first kappa shape index (κ1) is 17.1. The Morgan fingerprint density at radius 1 is 1.08 bits per heavy atom. The van der Waals surface area contributed by atoms with Crippen molar-refractivity contribution in [1.29, 1.82) is 0 Å². The number of aryl methyl sites for hydroxylation is 2. The van der Waals surface area contributed by atoms with Crippen molar-refractivity contribution in [2.45, 2.75) is 25.7 Å². The fourth-order valence-electron chi connectivity index (χ4n) is 2.87. The highest BCUT2D eigenvalue weighted by Crippen LogP contribution is 2.25. The molecule has 3 rings (SSSR count). The molecule has 0 saturated carbocycles. The van der Waals surface area contributed by atoms with E-state index < -0.39 is 0 Å². The number of fused-ring (bicyclic) bond motifs is 1. The zero-order chi connectivity index (χ0) is 17.5. The van der Waals surface area contributed by atoms with Crippen LogP contribution in [-0.4, -0.2) is 31.5 Å². The lowest BCUT2D eigenvalue weighted by atomic mass is 10.1. The minimum absolute atomic E-state index is 0.120. The van der Waals surface area contributed by atoms with Crippen LogP contribution in [0.25, 0.3) is 0 Å². The molecule has 0 atom stereocenters. The van der Waals surface area contributed by atoms with Gasteiger partial charge >= 0.3 is 0 Å². The fraction of sp³-hybridized carbons (Fsp3) is 0.368. The van der Waals surface area contributed by atoms with Crippen LogP contribution in [0.15, 0.2) is 41.2 Å². The topological polar surface area (TPSA) is 80.6 Å². The molecule has 2 N–H and O–H groups in total. The fourth-order valence-corrected chi connectivity index (χ4v) is 2.87. The highest BCUT2D eigenvalue weighted by atomic mass is 16.5. The second-order valence-corrected chi connectivity index (χ2v) is 6.00. The van der Waals surface area contributed by atoms with Crippen molar-refractivity contribution < 1.29 is 18.7 Å². The van der Waals surface area contributed by atoms with Crippen molar-refractivity contribution in [3.63, 3.8) is 0 Å². The van der Waals surface area contributed by atoms with Gasteiger partial charge in [0.15, 0.2) is 0 Å². The summed E-state index contributed by atoms with van der Waals surface area (Å²) in [5.41, 5.74) is 3.23. The third-order valence-electron chi connectivity index (χ3n) is 4.18. The van der Waals surface area contributed by atoms with Crippen molar-refractivity contribution in [2.24, 2.45) is 0 Å². The van der Waals surface area contributed by atoms with E-state index in [0.29, 0.717) is 18.7 Å². The molecule has 1 aliphatic carbocycles. The minimum atomic E-state index is -0.249. The third-order valence-corrected chi connectivity index (χ3v) is 4.18. The molecule has 1 aromatic heterocycles. The smallest absolute Gasteiger partial charge is 0.254 e. The second kappa shape index (κ2) is 8.37. The molecule has 132 valence electrons. The van der Waals surface area contributed by atoms with Crippen LogP contribution < -0.4 is 15.4 Å². The van der Waals surface area contributed by atoms with Crippen LogP contribution in [-0.2, 0) is 17.6 Å². The van der Waals surface area contributed by atoms with Crippen molar-refractivity contribution in [3.8, 4) is 5.75 Å². The number of carbonyl (C=O) groups is 2. The maximum absolute atomic E-state index is 11.7. The van der Waals surface area contributed by atoms with E-state index in [2.05, 4.69) is 22.8 Å². The summed E-state index contributed by atoms with van der Waals surface area (Å²) in [6.45, 7) is 1.14. The second-order valence-electron chi connectivity index (χ2n) is 6.00. The lowest BCUT2D eigenvalue weighted by Crippen LogP contribution is -2.32. The number of benzene rings is 1. The minimum Gasteiger partial charge on any atom is -0.492 e. The van der Waals surface area contributed by atoms with Gasteiger partial charge in [-0.15, -0.1) is 0 Å². The van der Waals surface area contributed by atoms with Crippen LogP contribution in [0.3, 0.4) is 0 Å². The van der Waals surface area contributed by atoms with E-state index in [9.17, 15) is 9.59 Å². The van der Waals surface area contributed by atoms with Crippen LogP contribution >= 0.6 is 0 Å². The monoisotopic (exact) mass is 342 g/mol. The van der Waals surface area contributed by atoms with E-state index in [1.54, 1.807) is 6.07 Å². The summed E-state index contributed by atoms with van der Waals surface area (Å²) in [5, 5.41) is 5.45. The molecule has 1 aliphatic rings. The van der Waals surface area contributed by atoms with Gasteiger partial charge in [-0.1, -0.05) is 6.07 Å². The van der Waals surface area contributed by atoms with Crippen molar-refractivity contribution in [3.05, 3.63) is 53.5 Å². The molecular weight excluding hydrogens is 320 g/mol. The summed E-state index contributed by atoms with van der Waals surface area (Å²) in [4.78, 5) is 23.4. The van der Waals surface area contributed by atoms with E-state index in [1.807, 2.05) is 6.07 Å². The number of nitrogens with one attached hydrogen (secondary N) is 2. The Hall–Kier alpha value is -2.76. The van der Waals surface area contributed by atoms with Crippen LogP contribution in [0.4, 0.5) is 0 Å². The average molecular weight is 342 g/mol. The van der Waals surface area contributed by atoms with Crippen molar-refractivity contribution in [1.82, 2.24) is 10.6 Å². The molecule has 6 nitrogen and oxygen atoms in total. The summed E-state index contributed by atoms with van der Waals surface area (Å²) >= 11 is 0. The summed E-state index contributed by atoms with van der Waals surface area (Å²) < 4.78 is 10.5. The molecule has 6 heteroatoms. The number of carbonyl (C=O) groups excluding carboxylic acids is 2. The third kappa shape index (κ3) is 4.86. The van der Waals surface area contributed by atoms with Gasteiger partial charge in [-0.25, -0.2) is 0 Å². The number of rotatable bonds is 8. The molecule has 0 spiro atoms. The summed E-state index contributed by atoms with van der Waals surface area (Å²) in [7, 11) is 0. The van der Waals surface area contributed by atoms with E-state index in [-0.39, 0.29) is 24.8 Å². The van der Waals surface area contributed by atoms with Gasteiger partial charge in [0.1, 0.15) is 18.6 Å². The maximum Gasteiger partial charge on any atom is 0.254 e. The van der Waals surface area contributed by atoms with Gasteiger partial charge in [-0.2, -0.15) is 0 Å². The molecule has 0 aliphatic heterocycles. The molecular formula is C19H22N2O4. The molecule has 25 heavy (non-hydrogen) atoms. The maximum atomic E-state index is 11.7. The van der Waals surface area contributed by atoms with E-state index in [0.717, 1.165) is 18.6 Å². The Balaban J connectivity index is 1.28. The van der Waals surface area contributed by atoms with Gasteiger partial charge < -0.3 is 19.8 Å². The number of hydrogen-bond acceptors (Lipinski definition) is 4. The van der Waals surface area contributed by atoms with Crippen LogP contribution in [0.2, 0.25) is 0 Å². The van der Waals surface area contributed by atoms with Gasteiger partial charge in [-0.3, -0.25) is 9.59 Å². The van der Waals surface area contributed by atoms with Crippen molar-refractivity contribution in [2.75, 3.05) is 19.7 Å². The van der Waals surface area contributed by atoms with E-state index in [4.69, 9.17) is 9.15 Å². The first-order chi connectivity index (χ1) is 12.2. The molecule has 0 saturated heterocycles. The van der Waals surface area contributed by atoms with E-state index >= 15 is 0 Å². The number of ether oxygens (including phenoxy) is 1. The Morgan fingerprint density at radius 3 is 2.80 bits per heavy atom. The zero-order valence-corrected chi connectivity index (χ0v) is 14.0. The van der Waals surface area contributed by atoms with E-state index in [1.165, 1.54) is 30.1 Å². The van der Waals surface area contributed by atoms with Crippen LogP contribution in [0, 0.1) is 0 Å². The summed E-state index contributed by atoms with van der Waals surface area (Å²) in [6.07, 6.45) is 6.51. The first-order valence-corrected chi connectivity index (χ1v) is 8.54. The Bertz CT molecular complexity index is 725. The largest absolute Gasteiger partial charge is 0.492 e. The highest BCUT2D eigenvalue weighted by Gasteiger charge is 2.11. The molecule has 0 radical (unpaired) electrons. The Morgan fingerprint density at radius 2 is 1.96 bits per heavy atom. The molecule has 0 unspecified atom stereocenters. The van der Waals surface area contributed by atoms with Crippen molar-refractivity contribution >= 4 is 11.8 Å². The molecule has 2 aromatic rings. The molecule has 0 bridgehead atoms. The lowest BCUT2D eigenvalue weighted by Gasteiger charge is -2.09. The van der Waals surface area contributed by atoms with Gasteiger partial charge in [0.2, 0.25) is 5.91 Å². The zero-order valence-electron chi connectivity index (χ0n) is 14.0. The molecule has 1 aromatic carbocycles. The highest BCUT2D eigenvalue weighted by molar-refractivity contribution is 5.94. The summed E-state index contributed by atoms with van der Waals surface area (Å²) in [5.74, 6) is 0.480. The number of amides is 2. The standard InChI is InChI=1S/C19H22N2O4/c22-18(6-8-21-19(23)16-7-10-24-13-16)20-9-11-25-17-5-4-14-2-1-3-15(14)12-17/h4-5,7,10,12-13H,1-3,6,8-9,11H2,(H,20,22)(H,21,23). The molecule has 1 heterocycles. The predicted molar refractivity (Wildman–Crippen MR) is 92.6 cm³/mol. The van der Waals surface area contributed by atoms with Crippen LogP contribution in [0.1, 0.15) is 34.3 Å². The van der Waals surface area contributed by atoms with Gasteiger partial charge in [0.05, 0.1) is 18.4 Å². The number of hydrogen-bond donors (Lipinski definition) is 2. The SMILES string of the molecule is O=C(CCNC(=O)c1ccoc1)NCCOc1ccc2c(c1)CCC2. The average Bonchev–Trinajstić information content (AvgIpc) is 3.29. The first-order valence-electron chi connectivity index (χ1n) is 8.54. The summed E-state index contributed by atoms with van der Waals surface area (Å²) in [6, 6.07) is 7.78. The van der Waals surface area contributed by atoms with Crippen LogP contribution in [0.5, 0.6) is 5.75 Å². The quantitative estimate of drug-likeness (QED) is 0.720. The Kier molecular flexibility index (Phi) is 5.72. The Labute approximate surface area is 146 Å². The molecule has 0 fully saturated rings. The lowest BCUT2D eigenvalue weighted by molar-refractivity contribution is -0.121. The normalized spacial score (nSPS) is 12.5.